The fourth-order valence-corrected chi connectivity index (χ4v) is 3.70. The van der Waals surface area contributed by atoms with Crippen LogP contribution in [-0.2, 0) is 6.42 Å². The van der Waals surface area contributed by atoms with E-state index in [9.17, 15) is 0 Å². The Bertz CT molecular complexity index is 439. The van der Waals surface area contributed by atoms with Crippen LogP contribution in [-0.4, -0.2) is 23.0 Å². The van der Waals surface area contributed by atoms with E-state index in [1.165, 1.54) is 38.6 Å². The topological polar surface area (TPSA) is 3.24 Å². The molecule has 0 spiro atoms. The van der Waals surface area contributed by atoms with Gasteiger partial charge in [-0.1, -0.05) is 24.3 Å². The van der Waals surface area contributed by atoms with Gasteiger partial charge in [-0.25, -0.2) is 0 Å². The van der Waals surface area contributed by atoms with Crippen LogP contribution in [0.4, 0.5) is 0 Å². The van der Waals surface area contributed by atoms with Gasteiger partial charge in [-0.2, -0.15) is 0 Å². The Labute approximate surface area is 118 Å². The van der Waals surface area contributed by atoms with Crippen LogP contribution in [0.3, 0.4) is 0 Å². The summed E-state index contributed by atoms with van der Waals surface area (Å²) in [6.45, 7) is 8.36. The summed E-state index contributed by atoms with van der Waals surface area (Å²) in [5.74, 6) is 0.876. The van der Waals surface area contributed by atoms with Gasteiger partial charge in [0.1, 0.15) is 0 Å². The Hall–Kier alpha value is -0.820. The van der Waals surface area contributed by atoms with Crippen molar-refractivity contribution in [1.29, 1.82) is 0 Å². The highest BCUT2D eigenvalue weighted by Gasteiger charge is 2.34. The van der Waals surface area contributed by atoms with Crippen LogP contribution in [0.1, 0.15) is 63.5 Å². The van der Waals surface area contributed by atoms with Gasteiger partial charge in [0.15, 0.2) is 0 Å². The van der Waals surface area contributed by atoms with Crippen molar-refractivity contribution < 1.29 is 0 Å². The second-order valence-corrected chi connectivity index (χ2v) is 7.34. The molecule has 0 N–H and O–H groups in total. The highest BCUT2D eigenvalue weighted by Crippen LogP contribution is 2.42. The molecule has 0 bridgehead atoms. The van der Waals surface area contributed by atoms with Gasteiger partial charge in [0.05, 0.1) is 0 Å². The van der Waals surface area contributed by atoms with Crippen LogP contribution in [0.5, 0.6) is 0 Å². The first-order valence-corrected chi connectivity index (χ1v) is 7.90. The van der Waals surface area contributed by atoms with Crippen molar-refractivity contribution in [2.75, 3.05) is 6.54 Å². The Kier molecular flexibility index (Phi) is 3.42. The summed E-state index contributed by atoms with van der Waals surface area (Å²) < 4.78 is 0. The van der Waals surface area contributed by atoms with E-state index in [1.54, 1.807) is 11.1 Å². The number of hydrogen-bond acceptors (Lipinski definition) is 1. The second-order valence-electron chi connectivity index (χ2n) is 7.34. The molecule has 3 rings (SSSR count). The summed E-state index contributed by atoms with van der Waals surface area (Å²) in [4.78, 5) is 2.72. The Morgan fingerprint density at radius 1 is 1.11 bits per heavy atom. The van der Waals surface area contributed by atoms with Crippen LogP contribution in [0, 0.1) is 0 Å². The quantitative estimate of drug-likeness (QED) is 0.777. The van der Waals surface area contributed by atoms with E-state index < -0.39 is 0 Å². The molecule has 0 aromatic heterocycles. The molecule has 2 aliphatic rings. The fraction of sp³-hybridized carbons (Fsp3) is 0.667. The molecule has 2 fully saturated rings. The average molecular weight is 257 g/mol. The molecule has 19 heavy (non-hydrogen) atoms. The molecular weight excluding hydrogens is 230 g/mol. The van der Waals surface area contributed by atoms with Crippen molar-refractivity contribution in [3.63, 3.8) is 0 Å². The van der Waals surface area contributed by atoms with Crippen LogP contribution < -0.4 is 0 Å². The van der Waals surface area contributed by atoms with E-state index in [0.717, 1.165) is 12.0 Å². The smallest absolute Gasteiger partial charge is 0.0141 e. The first-order valence-electron chi connectivity index (χ1n) is 7.90. The largest absolute Gasteiger partial charge is 0.295 e. The number of hydrogen-bond donors (Lipinski definition) is 0. The van der Waals surface area contributed by atoms with Crippen LogP contribution >= 0.6 is 0 Å². The molecule has 1 unspecified atom stereocenters. The summed E-state index contributed by atoms with van der Waals surface area (Å²) in [6.07, 6.45) is 6.81. The monoisotopic (exact) mass is 257 g/mol. The molecule has 104 valence electrons. The molecule has 1 aromatic rings. The lowest BCUT2D eigenvalue weighted by Gasteiger charge is -2.37. The molecule has 1 aromatic carbocycles. The summed E-state index contributed by atoms with van der Waals surface area (Å²) in [5.41, 5.74) is 3.57. The lowest BCUT2D eigenvalue weighted by Crippen LogP contribution is -2.45. The van der Waals surface area contributed by atoms with Crippen molar-refractivity contribution in [2.45, 2.75) is 70.4 Å². The number of benzene rings is 1. The van der Waals surface area contributed by atoms with Gasteiger partial charge < -0.3 is 0 Å². The number of nitrogens with zero attached hydrogens (tertiary/aromatic N) is 1. The maximum absolute atomic E-state index is 2.72. The molecule has 1 atom stereocenters. The van der Waals surface area contributed by atoms with E-state index >= 15 is 0 Å². The third-order valence-electron chi connectivity index (χ3n) is 4.77. The Morgan fingerprint density at radius 2 is 1.84 bits per heavy atom. The highest BCUT2D eigenvalue weighted by molar-refractivity contribution is 5.34. The van der Waals surface area contributed by atoms with Crippen molar-refractivity contribution in [1.82, 2.24) is 4.90 Å². The highest BCUT2D eigenvalue weighted by atomic mass is 15.2. The minimum absolute atomic E-state index is 0.315. The molecule has 1 aliphatic heterocycles. The third kappa shape index (κ3) is 2.86. The van der Waals surface area contributed by atoms with Gasteiger partial charge in [0, 0.05) is 11.6 Å². The van der Waals surface area contributed by atoms with Crippen LogP contribution in [0.15, 0.2) is 24.3 Å². The molecule has 1 aliphatic carbocycles. The zero-order valence-electron chi connectivity index (χ0n) is 12.7. The minimum Gasteiger partial charge on any atom is -0.295 e. The van der Waals surface area contributed by atoms with Gasteiger partial charge in [-0.05, 0) is 76.5 Å². The average Bonchev–Trinajstić information content (AvgIpc) is 3.08. The van der Waals surface area contributed by atoms with Gasteiger partial charge >= 0.3 is 0 Å². The molecule has 0 radical (unpaired) electrons. The standard InChI is InChI=1S/C18H27N/c1-18(2,3)19-12-6-8-16(19)13-15-7-4-5-9-17(15)14-10-11-14/h4-5,7,9,14,16H,6,8,10-13H2,1-3H3. The Morgan fingerprint density at radius 3 is 2.53 bits per heavy atom. The van der Waals surface area contributed by atoms with E-state index in [4.69, 9.17) is 0 Å². The Balaban J connectivity index is 1.77. The van der Waals surface area contributed by atoms with Gasteiger partial charge in [-0.3, -0.25) is 4.90 Å². The molecule has 1 saturated heterocycles. The summed E-state index contributed by atoms with van der Waals surface area (Å²) in [6, 6.07) is 9.92. The molecule has 1 saturated carbocycles. The van der Waals surface area contributed by atoms with Gasteiger partial charge in [0.25, 0.3) is 0 Å². The number of rotatable bonds is 3. The first-order chi connectivity index (χ1) is 9.05. The third-order valence-corrected chi connectivity index (χ3v) is 4.77. The molecular formula is C18H27N. The lowest BCUT2D eigenvalue weighted by atomic mass is 9.94. The SMILES string of the molecule is CC(C)(C)N1CCCC1Cc1ccccc1C1CC1. The normalized spacial score (nSPS) is 24.9. The predicted molar refractivity (Wildman–Crippen MR) is 81.6 cm³/mol. The van der Waals surface area contributed by atoms with Crippen molar-refractivity contribution in [3.8, 4) is 0 Å². The van der Waals surface area contributed by atoms with Crippen molar-refractivity contribution in [2.24, 2.45) is 0 Å². The summed E-state index contributed by atoms with van der Waals surface area (Å²) in [5, 5.41) is 0. The maximum atomic E-state index is 2.72. The van der Waals surface area contributed by atoms with Crippen molar-refractivity contribution >= 4 is 0 Å². The van der Waals surface area contributed by atoms with Crippen molar-refractivity contribution in [3.05, 3.63) is 35.4 Å². The zero-order chi connectivity index (χ0) is 13.5. The second kappa shape index (κ2) is 4.94. The first kappa shape index (κ1) is 13.2. The summed E-state index contributed by atoms with van der Waals surface area (Å²) in [7, 11) is 0. The van der Waals surface area contributed by atoms with Gasteiger partial charge in [-0.15, -0.1) is 0 Å². The van der Waals surface area contributed by atoms with E-state index in [-0.39, 0.29) is 0 Å². The molecule has 1 heterocycles. The lowest BCUT2D eigenvalue weighted by molar-refractivity contribution is 0.121. The van der Waals surface area contributed by atoms with E-state index in [0.29, 0.717) is 5.54 Å². The van der Waals surface area contributed by atoms with Gasteiger partial charge in [0.2, 0.25) is 0 Å². The summed E-state index contributed by atoms with van der Waals surface area (Å²) >= 11 is 0. The molecule has 0 amide bonds. The van der Waals surface area contributed by atoms with Crippen LogP contribution in [0.2, 0.25) is 0 Å². The predicted octanol–water partition coefficient (Wildman–Crippen LogP) is 4.37. The fourth-order valence-electron chi connectivity index (χ4n) is 3.70. The molecule has 1 nitrogen and oxygen atoms in total. The van der Waals surface area contributed by atoms with E-state index in [2.05, 4.69) is 49.9 Å². The zero-order valence-corrected chi connectivity index (χ0v) is 12.7. The maximum Gasteiger partial charge on any atom is 0.0141 e. The molecule has 1 heteroatoms. The minimum atomic E-state index is 0.315. The van der Waals surface area contributed by atoms with Crippen LogP contribution in [0.25, 0.3) is 0 Å². The van der Waals surface area contributed by atoms with E-state index in [1.807, 2.05) is 0 Å². The number of likely N-dealkylation sites (tertiary alicyclic amines) is 1.